The summed E-state index contributed by atoms with van der Waals surface area (Å²) in [5.74, 6) is -0.445. The van der Waals surface area contributed by atoms with Gasteiger partial charge >= 0.3 is 0 Å². The van der Waals surface area contributed by atoms with Crippen LogP contribution < -0.4 is 10.9 Å². The zero-order valence-corrected chi connectivity index (χ0v) is 9.51. The van der Waals surface area contributed by atoms with Crippen LogP contribution in [0.4, 0.5) is 5.69 Å². The molecule has 0 saturated heterocycles. The number of non-ortho nitro benzene ring substituents is 1. The van der Waals surface area contributed by atoms with Crippen molar-refractivity contribution in [3.8, 4) is 0 Å². The fraction of sp³-hybridized carbons (Fsp3) is 0.0909. The summed E-state index contributed by atoms with van der Waals surface area (Å²) in [5.41, 5.74) is 5.35. The van der Waals surface area contributed by atoms with Gasteiger partial charge in [-0.15, -0.1) is 0 Å². The van der Waals surface area contributed by atoms with Gasteiger partial charge in [0.1, 0.15) is 0 Å². The summed E-state index contributed by atoms with van der Waals surface area (Å²) in [4.78, 5) is 26.3. The Labute approximate surface area is 102 Å². The molecule has 0 unspecified atom stereocenters. The molecule has 0 saturated carbocycles. The lowest BCUT2D eigenvalue weighted by atomic mass is 10.1. The first-order valence-electron chi connectivity index (χ1n) is 5.14. The predicted molar refractivity (Wildman–Crippen MR) is 64.9 cm³/mol. The molecule has 1 heterocycles. The monoisotopic (exact) mass is 246 g/mol. The molecule has 0 aliphatic heterocycles. The van der Waals surface area contributed by atoms with E-state index < -0.39 is 10.8 Å². The van der Waals surface area contributed by atoms with Crippen molar-refractivity contribution in [2.24, 2.45) is 0 Å². The standard InChI is InChI=1S/C11H10N4O3/c1-12-14-11(16)7-5-6-13-8-3-2-4-9(10(7)8)15(17)18/h2-6,12H,1H3,(H,14,16). The van der Waals surface area contributed by atoms with Crippen molar-refractivity contribution in [1.82, 2.24) is 15.8 Å². The Kier molecular flexibility index (Phi) is 3.16. The molecule has 0 atom stereocenters. The Hall–Kier alpha value is -2.54. The number of carbonyl (C=O) groups is 1. The summed E-state index contributed by atoms with van der Waals surface area (Å²) in [5, 5.41) is 11.2. The van der Waals surface area contributed by atoms with Crippen LogP contribution in [0.25, 0.3) is 10.9 Å². The minimum Gasteiger partial charge on any atom is -0.288 e. The Morgan fingerprint density at radius 2 is 2.17 bits per heavy atom. The second kappa shape index (κ2) is 4.76. The van der Waals surface area contributed by atoms with Crippen LogP contribution in [0.15, 0.2) is 30.5 Å². The number of pyridine rings is 1. The van der Waals surface area contributed by atoms with E-state index in [2.05, 4.69) is 15.8 Å². The van der Waals surface area contributed by atoms with Gasteiger partial charge in [0, 0.05) is 19.3 Å². The Balaban J connectivity index is 2.73. The van der Waals surface area contributed by atoms with Crippen LogP contribution >= 0.6 is 0 Å². The minimum absolute atomic E-state index is 0.137. The molecule has 92 valence electrons. The molecule has 0 aliphatic rings. The molecule has 1 amide bonds. The molecule has 7 heteroatoms. The summed E-state index contributed by atoms with van der Waals surface area (Å²) in [7, 11) is 1.54. The van der Waals surface area contributed by atoms with Gasteiger partial charge in [-0.25, -0.2) is 5.43 Å². The third kappa shape index (κ3) is 1.98. The van der Waals surface area contributed by atoms with E-state index in [-0.39, 0.29) is 16.6 Å². The molecule has 2 rings (SSSR count). The molecule has 7 nitrogen and oxygen atoms in total. The fourth-order valence-corrected chi connectivity index (χ4v) is 1.71. The number of hydrazine groups is 1. The Bertz CT molecular complexity index is 621. The van der Waals surface area contributed by atoms with E-state index in [1.165, 1.54) is 31.4 Å². The number of fused-ring (bicyclic) bond motifs is 1. The van der Waals surface area contributed by atoms with Crippen LogP contribution in [0.3, 0.4) is 0 Å². The summed E-state index contributed by atoms with van der Waals surface area (Å²) in [6.07, 6.45) is 1.44. The summed E-state index contributed by atoms with van der Waals surface area (Å²) in [6, 6.07) is 5.95. The highest BCUT2D eigenvalue weighted by Crippen LogP contribution is 2.27. The summed E-state index contributed by atoms with van der Waals surface area (Å²) < 4.78 is 0. The van der Waals surface area contributed by atoms with Crippen LogP contribution in [0.1, 0.15) is 10.4 Å². The van der Waals surface area contributed by atoms with E-state index in [9.17, 15) is 14.9 Å². The number of benzene rings is 1. The Morgan fingerprint density at radius 3 is 2.83 bits per heavy atom. The molecular formula is C11H10N4O3. The number of nitrogens with zero attached hydrogens (tertiary/aromatic N) is 2. The van der Waals surface area contributed by atoms with E-state index >= 15 is 0 Å². The highest BCUT2D eigenvalue weighted by Gasteiger charge is 2.19. The van der Waals surface area contributed by atoms with Crippen molar-refractivity contribution in [2.75, 3.05) is 7.05 Å². The molecule has 1 aromatic heterocycles. The lowest BCUT2D eigenvalue weighted by Gasteiger charge is -2.06. The summed E-state index contributed by atoms with van der Waals surface area (Å²) >= 11 is 0. The third-order valence-corrected chi connectivity index (χ3v) is 2.42. The van der Waals surface area contributed by atoms with Crippen LogP contribution in [0.5, 0.6) is 0 Å². The maximum Gasteiger partial charge on any atom is 0.279 e. The van der Waals surface area contributed by atoms with Gasteiger partial charge in [0.15, 0.2) is 0 Å². The van der Waals surface area contributed by atoms with E-state index in [4.69, 9.17) is 0 Å². The van der Waals surface area contributed by atoms with Gasteiger partial charge in [-0.05, 0) is 12.1 Å². The highest BCUT2D eigenvalue weighted by atomic mass is 16.6. The molecule has 0 fully saturated rings. The maximum atomic E-state index is 11.8. The van der Waals surface area contributed by atoms with Gasteiger partial charge < -0.3 is 0 Å². The lowest BCUT2D eigenvalue weighted by Crippen LogP contribution is -2.34. The van der Waals surface area contributed by atoms with Crippen molar-refractivity contribution in [3.63, 3.8) is 0 Å². The number of amides is 1. The van der Waals surface area contributed by atoms with Crippen molar-refractivity contribution >= 4 is 22.5 Å². The second-order valence-corrected chi connectivity index (χ2v) is 3.49. The second-order valence-electron chi connectivity index (χ2n) is 3.49. The maximum absolute atomic E-state index is 11.8. The van der Waals surface area contributed by atoms with Crippen molar-refractivity contribution in [1.29, 1.82) is 0 Å². The SMILES string of the molecule is CNNC(=O)c1ccnc2cccc([N+](=O)[O-])c12. The molecule has 1 aromatic carbocycles. The molecule has 0 bridgehead atoms. The molecule has 0 aliphatic carbocycles. The number of hydrogen-bond donors (Lipinski definition) is 2. The molecule has 0 radical (unpaired) electrons. The van der Waals surface area contributed by atoms with Crippen LogP contribution in [0, 0.1) is 10.1 Å². The summed E-state index contributed by atoms with van der Waals surface area (Å²) in [6.45, 7) is 0. The van der Waals surface area contributed by atoms with Gasteiger partial charge in [-0.2, -0.15) is 0 Å². The van der Waals surface area contributed by atoms with Crippen molar-refractivity contribution in [3.05, 3.63) is 46.1 Å². The van der Waals surface area contributed by atoms with Crippen molar-refractivity contribution in [2.45, 2.75) is 0 Å². The number of aromatic nitrogens is 1. The smallest absolute Gasteiger partial charge is 0.279 e. The van der Waals surface area contributed by atoms with Crippen LogP contribution in [-0.4, -0.2) is 22.9 Å². The predicted octanol–water partition coefficient (Wildman–Crippen LogP) is 1.01. The molecule has 2 N–H and O–H groups in total. The van der Waals surface area contributed by atoms with E-state index in [0.29, 0.717) is 5.52 Å². The van der Waals surface area contributed by atoms with Gasteiger partial charge in [0.2, 0.25) is 0 Å². The average molecular weight is 246 g/mol. The molecule has 2 aromatic rings. The number of carbonyl (C=O) groups excluding carboxylic acids is 1. The number of nitrogens with one attached hydrogen (secondary N) is 2. The van der Waals surface area contributed by atoms with E-state index in [0.717, 1.165) is 0 Å². The lowest BCUT2D eigenvalue weighted by molar-refractivity contribution is -0.383. The molecule has 0 spiro atoms. The zero-order valence-electron chi connectivity index (χ0n) is 9.51. The number of nitro benzene ring substituents is 1. The third-order valence-electron chi connectivity index (χ3n) is 2.42. The first-order chi connectivity index (χ1) is 8.65. The van der Waals surface area contributed by atoms with E-state index in [1.54, 1.807) is 6.07 Å². The highest BCUT2D eigenvalue weighted by molar-refractivity contribution is 6.09. The molecular weight excluding hydrogens is 236 g/mol. The van der Waals surface area contributed by atoms with Crippen LogP contribution in [-0.2, 0) is 0 Å². The topological polar surface area (TPSA) is 97.2 Å². The Morgan fingerprint density at radius 1 is 1.39 bits per heavy atom. The van der Waals surface area contributed by atoms with Gasteiger partial charge in [-0.1, -0.05) is 6.07 Å². The number of nitro groups is 1. The van der Waals surface area contributed by atoms with E-state index in [1.807, 2.05) is 0 Å². The first kappa shape index (κ1) is 11.9. The normalized spacial score (nSPS) is 10.3. The number of rotatable bonds is 3. The molecule has 18 heavy (non-hydrogen) atoms. The minimum atomic E-state index is -0.528. The average Bonchev–Trinajstić information content (AvgIpc) is 2.37. The van der Waals surface area contributed by atoms with Crippen molar-refractivity contribution < 1.29 is 9.72 Å². The van der Waals surface area contributed by atoms with Crippen LogP contribution in [0.2, 0.25) is 0 Å². The van der Waals surface area contributed by atoms with Gasteiger partial charge in [-0.3, -0.25) is 25.3 Å². The largest absolute Gasteiger partial charge is 0.288 e. The zero-order chi connectivity index (χ0) is 13.1. The van der Waals surface area contributed by atoms with Gasteiger partial charge in [0.05, 0.1) is 21.4 Å². The van der Waals surface area contributed by atoms with Gasteiger partial charge in [0.25, 0.3) is 11.6 Å². The number of hydrogen-bond acceptors (Lipinski definition) is 5. The quantitative estimate of drug-likeness (QED) is 0.622. The first-order valence-corrected chi connectivity index (χ1v) is 5.14. The fourth-order valence-electron chi connectivity index (χ4n) is 1.71.